The molecular weight excluding hydrogens is 1380 g/mol. The smallest absolute Gasteiger partial charge is 0.454 e. The minimum atomic E-state index is -0.431. The van der Waals surface area contributed by atoms with Crippen LogP contribution in [-0.2, 0) is 9.31 Å². The average molecular weight is 1440 g/mol. The van der Waals surface area contributed by atoms with Crippen LogP contribution in [0.1, 0.15) is 27.7 Å². The summed E-state index contributed by atoms with van der Waals surface area (Å²) >= 11 is 3.52. The van der Waals surface area contributed by atoms with Crippen LogP contribution in [0.2, 0.25) is 0 Å². The zero-order chi connectivity index (χ0) is 71.2. The molecule has 1 saturated heterocycles. The van der Waals surface area contributed by atoms with Crippen LogP contribution in [0, 0.1) is 0 Å². The van der Waals surface area contributed by atoms with Crippen LogP contribution >= 0.6 is 15.9 Å². The lowest BCUT2D eigenvalue weighted by atomic mass is 9.78. The Morgan fingerprint density at radius 2 is 0.642 bits per heavy atom. The Morgan fingerprint density at radius 3 is 1.09 bits per heavy atom. The van der Waals surface area contributed by atoms with E-state index < -0.39 is 18.3 Å². The van der Waals surface area contributed by atoms with Crippen LogP contribution in [-0.4, -0.2) is 67.0 Å². The minimum absolute atomic E-state index is 0.394. The Bertz CT molecular complexity index is 6690. The van der Waals surface area contributed by atoms with Gasteiger partial charge in [-0.3, -0.25) is 8.80 Å². The van der Waals surface area contributed by atoms with E-state index in [4.69, 9.17) is 53.0 Å². The number of nitrogens with zero attached hydrogens (tertiary/aromatic N) is 10. The van der Waals surface area contributed by atoms with Gasteiger partial charge in [0, 0.05) is 70.2 Å². The van der Waals surface area contributed by atoms with Crippen molar-refractivity contribution in [2.45, 2.75) is 38.9 Å². The number of furan rings is 2. The van der Waals surface area contributed by atoms with Crippen molar-refractivity contribution in [3.8, 4) is 79.5 Å². The minimum Gasteiger partial charge on any atom is -0.454 e. The maximum Gasteiger partial charge on any atom is 0.494 e. The molecule has 0 N–H and O–H groups in total. The maximum atomic E-state index is 6.61. The van der Waals surface area contributed by atoms with Gasteiger partial charge >= 0.3 is 7.12 Å². The molecule has 0 amide bonds. The molecule has 0 saturated carbocycles. The predicted octanol–water partition coefficient (Wildman–Crippen LogP) is 21.9. The third-order valence-electron chi connectivity index (χ3n) is 20.2. The van der Waals surface area contributed by atoms with Crippen molar-refractivity contribution in [2.24, 2.45) is 0 Å². The number of para-hydroxylation sites is 4. The van der Waals surface area contributed by atoms with Gasteiger partial charge in [-0.05, 0) is 111 Å². The number of hydrogen-bond donors (Lipinski definition) is 0. The second-order valence-electron chi connectivity index (χ2n) is 27.4. The number of rotatable bonds is 8. The molecule has 0 aliphatic carbocycles. The Kier molecular flexibility index (Phi) is 15.6. The highest BCUT2D eigenvalue weighted by molar-refractivity contribution is 9.10. The Balaban J connectivity index is 0.000000115. The summed E-state index contributed by atoms with van der Waals surface area (Å²) in [7, 11) is -0.431. The molecule has 1 fully saturated rings. The van der Waals surface area contributed by atoms with Gasteiger partial charge in [0.2, 0.25) is 0 Å². The molecule has 16 heteroatoms. The fourth-order valence-corrected chi connectivity index (χ4v) is 14.7. The van der Waals surface area contributed by atoms with E-state index in [9.17, 15) is 0 Å². The van der Waals surface area contributed by atoms with Crippen molar-refractivity contribution in [2.75, 3.05) is 0 Å². The summed E-state index contributed by atoms with van der Waals surface area (Å²) in [6.07, 6.45) is 0. The Hall–Kier alpha value is -12.9. The Morgan fingerprint density at radius 1 is 0.292 bits per heavy atom. The van der Waals surface area contributed by atoms with E-state index in [0.29, 0.717) is 34.9 Å². The highest BCUT2D eigenvalue weighted by Gasteiger charge is 2.52. The summed E-state index contributed by atoms with van der Waals surface area (Å²) in [6.45, 7) is 8.30. The predicted molar refractivity (Wildman–Crippen MR) is 430 cm³/mol. The Labute approximate surface area is 616 Å². The fourth-order valence-electron chi connectivity index (χ4n) is 14.3. The average Bonchev–Trinajstić information content (AvgIpc) is 1.54. The van der Waals surface area contributed by atoms with Crippen LogP contribution in [0.3, 0.4) is 0 Å². The zero-order valence-corrected chi connectivity index (χ0v) is 59.5. The highest BCUT2D eigenvalue weighted by Crippen LogP contribution is 2.43. The third kappa shape index (κ3) is 11.3. The van der Waals surface area contributed by atoms with Gasteiger partial charge < -0.3 is 18.1 Å². The van der Waals surface area contributed by atoms with Gasteiger partial charge in [-0.15, -0.1) is 0 Å². The highest BCUT2D eigenvalue weighted by atomic mass is 79.9. The van der Waals surface area contributed by atoms with Gasteiger partial charge in [0.1, 0.15) is 33.5 Å². The van der Waals surface area contributed by atoms with Gasteiger partial charge in [-0.1, -0.05) is 253 Å². The van der Waals surface area contributed by atoms with E-state index in [-0.39, 0.29) is 0 Å². The number of imidazole rings is 2. The number of halogens is 1. The normalized spacial score (nSPS) is 13.4. The molecular formula is C90H62BBrN10O4. The van der Waals surface area contributed by atoms with Gasteiger partial charge in [0.05, 0.1) is 33.3 Å². The molecule has 0 unspecified atom stereocenters. The van der Waals surface area contributed by atoms with E-state index in [1.165, 1.54) is 0 Å². The molecule has 0 atom stereocenters. The van der Waals surface area contributed by atoms with Crippen LogP contribution in [0.5, 0.6) is 0 Å². The number of aromatic nitrogens is 10. The van der Waals surface area contributed by atoms with Crippen molar-refractivity contribution in [1.29, 1.82) is 0 Å². The molecule has 0 radical (unpaired) electrons. The summed E-state index contributed by atoms with van der Waals surface area (Å²) in [5.41, 5.74) is 19.3. The monoisotopic (exact) mass is 1440 g/mol. The molecule has 0 spiro atoms. The standard InChI is InChI=1S/C42H25N5O.C27H23BN2O3.C21H14BrN3/c1-3-12-26(13-4-1)39-44-40(27-14-5-2-6-15-27)46-41(45-39)30-17-11-16-28(24-30)29-22-23-36-33(25-29)37-38(48-36)31-18-7-8-19-32(31)42-43-34-20-9-10-21-35(34)47(37)42;1-26(2)27(3,4)33-28(32-26)16-13-14-22-19(15-16)23-24(31-22)17-9-5-6-10-18(17)25-29-20-11-7-8-12-21(20)30(23)25;22-18-13-7-12-17(14-18)21-24-19(15-8-3-1-4-9-15)23-20(25-21)16-10-5-2-6-11-16/h1-25H;5-15H,1-4H3;1-14H. The van der Waals surface area contributed by atoms with Gasteiger partial charge in [-0.2, -0.15) is 0 Å². The SMILES string of the molecule is Brc1cccc(-c2nc(-c3ccccc3)nc(-c3ccccc3)n2)c1.CC1(C)OB(c2ccc3oc4c5ccccc5c5nc6ccccc6n5c4c3c2)OC1(C)C.c1ccc(-c2nc(-c3ccccc3)nc(-c3cccc(-c4ccc5oc6c7ccccc7c7nc8ccccc8n7c6c5c4)c3)n2)cc1. The van der Waals surface area contributed by atoms with Crippen molar-refractivity contribution in [3.05, 3.63) is 308 Å². The molecule has 506 valence electrons. The van der Waals surface area contributed by atoms with Crippen LogP contribution in [0.25, 0.3) is 178 Å². The van der Waals surface area contributed by atoms with Gasteiger partial charge in [-0.25, -0.2) is 39.9 Å². The lowest BCUT2D eigenvalue weighted by molar-refractivity contribution is 0.00578. The van der Waals surface area contributed by atoms with Crippen molar-refractivity contribution in [1.82, 2.24) is 48.7 Å². The number of fused-ring (bicyclic) bond motifs is 20. The van der Waals surface area contributed by atoms with E-state index >= 15 is 0 Å². The third-order valence-corrected chi connectivity index (χ3v) is 20.7. The van der Waals surface area contributed by atoms with Gasteiger partial charge in [0.25, 0.3) is 0 Å². The number of hydrogen-bond acceptors (Lipinski definition) is 12. The first kappa shape index (κ1) is 64.0. The second kappa shape index (κ2) is 25.8. The van der Waals surface area contributed by atoms with Crippen molar-refractivity contribution >= 4 is 128 Å². The van der Waals surface area contributed by atoms with Crippen molar-refractivity contribution < 1.29 is 18.1 Å². The lowest BCUT2D eigenvalue weighted by Crippen LogP contribution is -2.41. The quantitative estimate of drug-likeness (QED) is 0.133. The van der Waals surface area contributed by atoms with E-state index in [0.717, 1.165) is 153 Å². The maximum absolute atomic E-state index is 6.61. The van der Waals surface area contributed by atoms with Crippen LogP contribution < -0.4 is 5.46 Å². The largest absolute Gasteiger partial charge is 0.494 e. The second-order valence-corrected chi connectivity index (χ2v) is 28.3. The molecule has 12 aromatic carbocycles. The van der Waals surface area contributed by atoms with Gasteiger partial charge in [0.15, 0.2) is 46.1 Å². The fraction of sp³-hybridized carbons (Fsp3) is 0.0667. The first-order chi connectivity index (χ1) is 51.9. The zero-order valence-electron chi connectivity index (χ0n) is 57.9. The summed E-state index contributed by atoms with van der Waals surface area (Å²) in [6, 6.07) is 102. The van der Waals surface area contributed by atoms with Crippen LogP contribution in [0.15, 0.2) is 317 Å². The topological polar surface area (TPSA) is 157 Å². The molecule has 106 heavy (non-hydrogen) atoms. The summed E-state index contributed by atoms with van der Waals surface area (Å²) in [4.78, 5) is 38.9. The molecule has 1 aliphatic rings. The summed E-state index contributed by atoms with van der Waals surface area (Å²) in [5.74, 6) is 3.90. The molecule has 8 aromatic heterocycles. The van der Waals surface area contributed by atoms with E-state index in [2.05, 4.69) is 179 Å². The lowest BCUT2D eigenvalue weighted by Gasteiger charge is -2.32. The molecule has 9 heterocycles. The number of benzene rings is 12. The van der Waals surface area contributed by atoms with Crippen LogP contribution in [0.4, 0.5) is 0 Å². The van der Waals surface area contributed by atoms with E-state index in [1.807, 2.05) is 182 Å². The molecule has 0 bridgehead atoms. The summed E-state index contributed by atoms with van der Waals surface area (Å²) in [5, 5.41) is 6.31. The molecule has 1 aliphatic heterocycles. The number of pyridine rings is 2. The first-order valence-corrected chi connectivity index (χ1v) is 36.0. The molecule has 21 rings (SSSR count). The van der Waals surface area contributed by atoms with E-state index in [1.54, 1.807) is 0 Å². The first-order valence-electron chi connectivity index (χ1n) is 35.2. The molecule has 14 nitrogen and oxygen atoms in total. The summed E-state index contributed by atoms with van der Waals surface area (Å²) < 4.78 is 31.2. The molecule has 20 aromatic rings. The van der Waals surface area contributed by atoms with Crippen molar-refractivity contribution in [3.63, 3.8) is 0 Å².